The van der Waals surface area contributed by atoms with E-state index >= 15 is 0 Å². The topological polar surface area (TPSA) is 58.2 Å². The van der Waals surface area contributed by atoms with Crippen LogP contribution >= 0.6 is 0 Å². The van der Waals surface area contributed by atoms with Crippen LogP contribution in [-0.2, 0) is 9.59 Å². The lowest BCUT2D eigenvalue weighted by molar-refractivity contribution is -0.122. The van der Waals surface area contributed by atoms with Crippen molar-refractivity contribution in [3.05, 3.63) is 12.2 Å². The highest BCUT2D eigenvalue weighted by Gasteiger charge is 2.17. The van der Waals surface area contributed by atoms with Gasteiger partial charge in [0.1, 0.15) is 0 Å². The molecule has 54 valence electrons. The fraction of sp³-hybridized carbons (Fsp3) is 0.333. The first-order valence-electron chi connectivity index (χ1n) is 2.97. The van der Waals surface area contributed by atoms with Crippen LogP contribution in [0.5, 0.6) is 0 Å². The van der Waals surface area contributed by atoms with Gasteiger partial charge in [-0.15, -0.1) is 0 Å². The summed E-state index contributed by atoms with van der Waals surface area (Å²) in [6.45, 7) is 4.26. The van der Waals surface area contributed by atoms with Gasteiger partial charge in [-0.25, -0.2) is 0 Å². The van der Waals surface area contributed by atoms with Gasteiger partial charge in [0.25, 0.3) is 11.8 Å². The van der Waals surface area contributed by atoms with Crippen LogP contribution in [0.2, 0.25) is 0 Å². The third kappa shape index (κ3) is 1.15. The summed E-state index contributed by atoms with van der Waals surface area (Å²) >= 11 is 0. The smallest absolute Gasteiger partial charge is 0.256 e. The molecule has 2 amide bonds. The van der Waals surface area contributed by atoms with Gasteiger partial charge < -0.3 is 10.6 Å². The first-order valence-corrected chi connectivity index (χ1v) is 2.97. The number of hydrogen-bond donors (Lipinski definition) is 2. The zero-order valence-corrected chi connectivity index (χ0v) is 5.44. The second-order valence-corrected chi connectivity index (χ2v) is 1.99. The van der Waals surface area contributed by atoms with Crippen molar-refractivity contribution >= 4 is 11.8 Å². The van der Waals surface area contributed by atoms with E-state index in [2.05, 4.69) is 17.2 Å². The maximum atomic E-state index is 10.8. The van der Waals surface area contributed by atoms with Crippen molar-refractivity contribution in [1.29, 1.82) is 0 Å². The number of carbonyl (C=O) groups is 2. The predicted molar refractivity (Wildman–Crippen MR) is 35.2 cm³/mol. The van der Waals surface area contributed by atoms with Gasteiger partial charge in [0, 0.05) is 13.1 Å². The lowest BCUT2D eigenvalue weighted by Gasteiger charge is -1.95. The van der Waals surface area contributed by atoms with Crippen LogP contribution < -0.4 is 10.6 Å². The zero-order valence-electron chi connectivity index (χ0n) is 5.44. The molecule has 1 aliphatic rings. The van der Waals surface area contributed by atoms with E-state index in [-0.39, 0.29) is 17.4 Å². The van der Waals surface area contributed by atoms with Crippen LogP contribution in [0, 0.1) is 0 Å². The summed E-state index contributed by atoms with van der Waals surface area (Å²) in [7, 11) is 0. The van der Waals surface area contributed by atoms with Crippen LogP contribution in [0.25, 0.3) is 0 Å². The van der Waals surface area contributed by atoms with E-state index in [0.717, 1.165) is 0 Å². The Kier molecular flexibility index (Phi) is 1.71. The molecule has 0 aliphatic carbocycles. The normalized spacial score (nSPS) is 19.4. The molecule has 1 heterocycles. The van der Waals surface area contributed by atoms with E-state index in [1.807, 2.05) is 0 Å². The van der Waals surface area contributed by atoms with Gasteiger partial charge in [-0.05, 0) is 0 Å². The number of amides is 2. The van der Waals surface area contributed by atoms with Crippen LogP contribution in [-0.4, -0.2) is 24.9 Å². The number of carbonyl (C=O) groups excluding carboxylic acids is 2. The summed E-state index contributed by atoms with van der Waals surface area (Å²) in [5.74, 6) is -0.759. The lowest BCUT2D eigenvalue weighted by Crippen LogP contribution is -2.25. The van der Waals surface area contributed by atoms with Gasteiger partial charge in [-0.2, -0.15) is 0 Å². The van der Waals surface area contributed by atoms with Crippen LogP contribution in [0.15, 0.2) is 12.2 Å². The van der Waals surface area contributed by atoms with E-state index in [0.29, 0.717) is 13.1 Å². The van der Waals surface area contributed by atoms with E-state index < -0.39 is 0 Å². The maximum Gasteiger partial charge on any atom is 0.256 e. The average molecular weight is 140 g/mol. The summed E-state index contributed by atoms with van der Waals surface area (Å²) in [5.41, 5.74) is -0.0162. The van der Waals surface area contributed by atoms with Crippen molar-refractivity contribution in [2.24, 2.45) is 0 Å². The second kappa shape index (κ2) is 2.51. The Morgan fingerprint density at radius 2 is 1.50 bits per heavy atom. The minimum atomic E-state index is -0.380. The maximum absolute atomic E-state index is 10.8. The number of hydrogen-bond acceptors (Lipinski definition) is 2. The fourth-order valence-corrected chi connectivity index (χ4v) is 0.669. The minimum absolute atomic E-state index is 0.0162. The van der Waals surface area contributed by atoms with E-state index in [4.69, 9.17) is 0 Å². The van der Waals surface area contributed by atoms with Crippen molar-refractivity contribution in [3.8, 4) is 0 Å². The van der Waals surface area contributed by atoms with Crippen molar-refractivity contribution < 1.29 is 9.59 Å². The van der Waals surface area contributed by atoms with E-state index in [9.17, 15) is 9.59 Å². The minimum Gasteiger partial charge on any atom is -0.350 e. The molecule has 1 rings (SSSR count). The number of rotatable bonds is 0. The summed E-state index contributed by atoms with van der Waals surface area (Å²) < 4.78 is 0. The van der Waals surface area contributed by atoms with Gasteiger partial charge >= 0.3 is 0 Å². The standard InChI is InChI=1S/C6H8N2O2/c1-4-5(9)7-2-3-8-6(4)10/h1-3H2,(H,7,9)(H,8,10). The predicted octanol–water partition coefficient (Wildman–Crippen LogP) is -1.21. The first-order chi connectivity index (χ1) is 4.72. The third-order valence-corrected chi connectivity index (χ3v) is 1.24. The highest BCUT2D eigenvalue weighted by Crippen LogP contribution is 1.91. The largest absolute Gasteiger partial charge is 0.350 e. The van der Waals surface area contributed by atoms with Crippen molar-refractivity contribution in [3.63, 3.8) is 0 Å². The molecule has 4 nitrogen and oxygen atoms in total. The molecule has 4 heteroatoms. The number of nitrogens with one attached hydrogen (secondary N) is 2. The SMILES string of the molecule is C=C1C(=O)NCCNC1=O. The Bertz CT molecular complexity index is 178. The molecule has 1 fully saturated rings. The Morgan fingerprint density at radius 3 is 1.90 bits per heavy atom. The highest BCUT2D eigenvalue weighted by atomic mass is 16.2. The fourth-order valence-electron chi connectivity index (χ4n) is 0.669. The van der Waals surface area contributed by atoms with Gasteiger partial charge in [0.15, 0.2) is 0 Å². The molecule has 0 aromatic carbocycles. The van der Waals surface area contributed by atoms with Crippen molar-refractivity contribution in [2.45, 2.75) is 0 Å². The summed E-state index contributed by atoms with van der Waals surface area (Å²) in [6, 6.07) is 0. The molecular weight excluding hydrogens is 132 g/mol. The quantitative estimate of drug-likeness (QED) is 0.327. The van der Waals surface area contributed by atoms with E-state index in [1.165, 1.54) is 0 Å². The average Bonchev–Trinajstić information content (AvgIpc) is 2.04. The summed E-state index contributed by atoms with van der Waals surface area (Å²) in [5, 5.41) is 5.01. The lowest BCUT2D eigenvalue weighted by atomic mass is 10.3. The molecular formula is C6H8N2O2. The Morgan fingerprint density at radius 1 is 1.10 bits per heavy atom. The van der Waals surface area contributed by atoms with Gasteiger partial charge in [-0.1, -0.05) is 6.58 Å². The summed E-state index contributed by atoms with van der Waals surface area (Å²) in [4.78, 5) is 21.5. The Balaban J connectivity index is 2.74. The molecule has 1 saturated heterocycles. The molecule has 0 aromatic rings. The van der Waals surface area contributed by atoms with Crippen LogP contribution in [0.1, 0.15) is 0 Å². The first kappa shape index (κ1) is 6.80. The molecule has 0 saturated carbocycles. The molecule has 0 spiro atoms. The zero-order chi connectivity index (χ0) is 7.56. The van der Waals surface area contributed by atoms with E-state index in [1.54, 1.807) is 0 Å². The van der Waals surface area contributed by atoms with Gasteiger partial charge in [0.2, 0.25) is 0 Å². The molecule has 2 N–H and O–H groups in total. The molecule has 0 aromatic heterocycles. The van der Waals surface area contributed by atoms with Crippen molar-refractivity contribution in [1.82, 2.24) is 10.6 Å². The Hall–Kier alpha value is -1.32. The van der Waals surface area contributed by atoms with Gasteiger partial charge in [-0.3, -0.25) is 9.59 Å². The van der Waals surface area contributed by atoms with Crippen LogP contribution in [0.4, 0.5) is 0 Å². The highest BCUT2D eigenvalue weighted by molar-refractivity contribution is 6.18. The summed E-state index contributed by atoms with van der Waals surface area (Å²) in [6.07, 6.45) is 0. The van der Waals surface area contributed by atoms with Crippen molar-refractivity contribution in [2.75, 3.05) is 13.1 Å². The molecule has 0 unspecified atom stereocenters. The molecule has 1 aliphatic heterocycles. The molecule has 0 bridgehead atoms. The molecule has 10 heavy (non-hydrogen) atoms. The second-order valence-electron chi connectivity index (χ2n) is 1.99. The monoisotopic (exact) mass is 140 g/mol. The van der Waals surface area contributed by atoms with Crippen LogP contribution in [0.3, 0.4) is 0 Å². The third-order valence-electron chi connectivity index (χ3n) is 1.24. The molecule has 0 atom stereocenters. The molecule has 0 radical (unpaired) electrons. The van der Waals surface area contributed by atoms with Gasteiger partial charge in [0.05, 0.1) is 5.57 Å². The Labute approximate surface area is 58.3 Å².